The summed E-state index contributed by atoms with van der Waals surface area (Å²) in [6.45, 7) is 1.85. The second kappa shape index (κ2) is 11.3. The van der Waals surface area contributed by atoms with Gasteiger partial charge in [-0.3, -0.25) is 13.8 Å². The normalized spacial score (nSPS) is 11.6. The summed E-state index contributed by atoms with van der Waals surface area (Å²) in [5, 5.41) is 3.23. The van der Waals surface area contributed by atoms with Crippen LogP contribution in [-0.4, -0.2) is 29.8 Å². The molecule has 0 aliphatic heterocycles. The molecule has 0 atom stereocenters. The maximum Gasteiger partial charge on any atom is 0.264 e. The van der Waals surface area contributed by atoms with E-state index in [0.717, 1.165) is 9.87 Å². The monoisotopic (exact) mass is 603 g/mol. The topological polar surface area (TPSA) is 113 Å². The number of hydrogen-bond donors (Lipinski definition) is 2. The zero-order valence-electron chi connectivity index (χ0n) is 20.7. The van der Waals surface area contributed by atoms with E-state index in [1.54, 1.807) is 24.3 Å². The molecule has 1 amide bonds. The van der Waals surface area contributed by atoms with E-state index in [1.807, 2.05) is 6.92 Å². The van der Waals surface area contributed by atoms with Gasteiger partial charge in [-0.05, 0) is 73.7 Å². The second-order valence-electron chi connectivity index (χ2n) is 8.54. The average Bonchev–Trinajstić information content (AvgIpc) is 2.88. The Kier molecular flexibility index (Phi) is 8.22. The molecule has 4 aromatic rings. The van der Waals surface area contributed by atoms with Crippen LogP contribution in [0.1, 0.15) is 15.9 Å². The predicted octanol–water partition coefficient (Wildman–Crippen LogP) is 6.18. The van der Waals surface area contributed by atoms with Crippen molar-refractivity contribution >= 4 is 66.2 Å². The Morgan fingerprint density at radius 2 is 1.31 bits per heavy atom. The average molecular weight is 605 g/mol. The Hall–Kier alpha value is -3.57. The zero-order chi connectivity index (χ0) is 28.4. The van der Waals surface area contributed by atoms with Crippen molar-refractivity contribution in [2.75, 3.05) is 21.4 Å². The molecule has 8 nitrogen and oxygen atoms in total. The van der Waals surface area contributed by atoms with Crippen molar-refractivity contribution < 1.29 is 21.6 Å². The van der Waals surface area contributed by atoms with Gasteiger partial charge in [0.15, 0.2) is 0 Å². The summed E-state index contributed by atoms with van der Waals surface area (Å²) in [7, 11) is -6.51. The first-order chi connectivity index (χ1) is 18.4. The molecule has 2 N–H and O–H groups in total. The zero-order valence-corrected chi connectivity index (χ0v) is 23.9. The molecule has 0 unspecified atom stereocenters. The van der Waals surface area contributed by atoms with Crippen LogP contribution in [0.5, 0.6) is 0 Å². The fourth-order valence-corrected chi connectivity index (χ4v) is 6.46. The summed E-state index contributed by atoms with van der Waals surface area (Å²) >= 11 is 11.9. The number of para-hydroxylation sites is 1. The van der Waals surface area contributed by atoms with Crippen LogP contribution in [0.15, 0.2) is 101 Å². The molecule has 0 saturated heterocycles. The number of anilines is 3. The number of amides is 1. The Morgan fingerprint density at radius 1 is 0.744 bits per heavy atom. The first-order valence-corrected chi connectivity index (χ1v) is 15.1. The minimum absolute atomic E-state index is 0.0547. The van der Waals surface area contributed by atoms with Crippen molar-refractivity contribution in [2.24, 2.45) is 0 Å². The van der Waals surface area contributed by atoms with Gasteiger partial charge in [-0.25, -0.2) is 16.8 Å². The fraction of sp³-hybridized carbons (Fsp3) is 0.0741. The summed E-state index contributed by atoms with van der Waals surface area (Å²) in [5.74, 6) is -0.571. The maximum atomic E-state index is 13.2. The van der Waals surface area contributed by atoms with E-state index < -0.39 is 26.0 Å². The van der Waals surface area contributed by atoms with Crippen molar-refractivity contribution in [3.05, 3.63) is 112 Å². The van der Waals surface area contributed by atoms with Gasteiger partial charge >= 0.3 is 0 Å². The third kappa shape index (κ3) is 6.54. The number of nitrogens with zero attached hydrogens (tertiary/aromatic N) is 1. The molecule has 0 aromatic heterocycles. The number of benzene rings is 4. The van der Waals surface area contributed by atoms with E-state index in [-0.39, 0.29) is 36.8 Å². The van der Waals surface area contributed by atoms with Gasteiger partial charge in [-0.1, -0.05) is 53.0 Å². The summed E-state index contributed by atoms with van der Waals surface area (Å²) in [6, 6.07) is 22.5. The summed E-state index contributed by atoms with van der Waals surface area (Å²) in [5.41, 5.74) is 1.72. The molecule has 202 valence electrons. The number of carbonyl (C=O) groups is 1. The minimum atomic E-state index is -3.96. The fourth-order valence-electron chi connectivity index (χ4n) is 3.68. The summed E-state index contributed by atoms with van der Waals surface area (Å²) < 4.78 is 55.4. The first kappa shape index (κ1) is 28.4. The number of nitrogens with one attached hydrogen (secondary N) is 2. The Balaban J connectivity index is 1.53. The molecule has 12 heteroatoms. The molecular weight excluding hydrogens is 581 g/mol. The number of carbonyl (C=O) groups excluding carboxylic acids is 1. The van der Waals surface area contributed by atoms with E-state index in [4.69, 9.17) is 23.2 Å². The van der Waals surface area contributed by atoms with Gasteiger partial charge in [0.2, 0.25) is 0 Å². The lowest BCUT2D eigenvalue weighted by Gasteiger charge is -2.22. The first-order valence-electron chi connectivity index (χ1n) is 11.4. The van der Waals surface area contributed by atoms with Gasteiger partial charge in [0.25, 0.3) is 26.0 Å². The van der Waals surface area contributed by atoms with E-state index >= 15 is 0 Å². The summed E-state index contributed by atoms with van der Waals surface area (Å²) in [6.07, 6.45) is 0. The number of halogens is 2. The number of rotatable bonds is 8. The van der Waals surface area contributed by atoms with Crippen LogP contribution in [-0.2, 0) is 20.0 Å². The Morgan fingerprint density at radius 3 is 1.92 bits per heavy atom. The third-order valence-electron chi connectivity index (χ3n) is 5.70. The highest BCUT2D eigenvalue weighted by molar-refractivity contribution is 7.93. The highest BCUT2D eigenvalue weighted by Crippen LogP contribution is 2.28. The number of sulfonamides is 2. The number of hydrogen-bond acceptors (Lipinski definition) is 5. The van der Waals surface area contributed by atoms with Gasteiger partial charge in [0.05, 0.1) is 26.7 Å². The van der Waals surface area contributed by atoms with Gasteiger partial charge in [-0.2, -0.15) is 0 Å². The second-order valence-corrected chi connectivity index (χ2v) is 13.1. The lowest BCUT2D eigenvalue weighted by molar-refractivity contribution is 0.102. The molecule has 0 bridgehead atoms. The van der Waals surface area contributed by atoms with Crippen molar-refractivity contribution in [3.63, 3.8) is 0 Å². The van der Waals surface area contributed by atoms with Crippen molar-refractivity contribution in [1.29, 1.82) is 0 Å². The maximum absolute atomic E-state index is 13.2. The highest BCUT2D eigenvalue weighted by atomic mass is 35.5. The number of aryl methyl sites for hydroxylation is 1. The van der Waals surface area contributed by atoms with Gasteiger partial charge in [-0.15, -0.1) is 0 Å². The van der Waals surface area contributed by atoms with Crippen LogP contribution in [0, 0.1) is 6.92 Å². The molecule has 0 radical (unpaired) electrons. The molecule has 0 heterocycles. The SMILES string of the molecule is Cc1ccc(S(=O)(=O)N(C)c2ccccc2C(=O)Nc2ccc(S(=O)(=O)Nc3cc(Cl)cc(Cl)c3)cc2)cc1. The smallest absolute Gasteiger partial charge is 0.264 e. The van der Waals surface area contributed by atoms with Crippen LogP contribution in [0.2, 0.25) is 10.0 Å². The summed E-state index contributed by atoms with van der Waals surface area (Å²) in [4.78, 5) is 13.2. The lowest BCUT2D eigenvalue weighted by atomic mass is 10.1. The molecule has 0 fully saturated rings. The standard InChI is InChI=1S/C27H23Cl2N3O5S2/c1-18-7-11-24(12-8-18)39(36,37)32(2)26-6-4-3-5-25(26)27(33)30-21-9-13-23(14-10-21)38(34,35)31-22-16-19(28)15-20(29)17-22/h3-17,31H,1-2H3,(H,30,33). The molecule has 0 aliphatic rings. The molecular formula is C27H23Cl2N3O5S2. The third-order valence-corrected chi connectivity index (χ3v) is 9.32. The molecule has 39 heavy (non-hydrogen) atoms. The predicted molar refractivity (Wildman–Crippen MR) is 155 cm³/mol. The largest absolute Gasteiger partial charge is 0.322 e. The van der Waals surface area contributed by atoms with Crippen molar-refractivity contribution in [2.45, 2.75) is 16.7 Å². The van der Waals surface area contributed by atoms with Crippen molar-refractivity contribution in [3.8, 4) is 0 Å². The van der Waals surface area contributed by atoms with Crippen LogP contribution >= 0.6 is 23.2 Å². The van der Waals surface area contributed by atoms with E-state index in [1.165, 1.54) is 73.8 Å². The van der Waals surface area contributed by atoms with Gasteiger partial charge < -0.3 is 5.32 Å². The van der Waals surface area contributed by atoms with E-state index in [9.17, 15) is 21.6 Å². The quantitative estimate of drug-likeness (QED) is 0.250. The molecule has 0 aliphatic carbocycles. The Labute approximate surface area is 237 Å². The molecule has 0 spiro atoms. The van der Waals surface area contributed by atoms with Gasteiger partial charge in [0.1, 0.15) is 0 Å². The van der Waals surface area contributed by atoms with Crippen LogP contribution < -0.4 is 14.3 Å². The van der Waals surface area contributed by atoms with E-state index in [2.05, 4.69) is 10.0 Å². The molecule has 4 rings (SSSR count). The van der Waals surface area contributed by atoms with Crippen LogP contribution in [0.25, 0.3) is 0 Å². The Bertz CT molecular complexity index is 1720. The van der Waals surface area contributed by atoms with Gasteiger partial charge in [0, 0.05) is 22.8 Å². The van der Waals surface area contributed by atoms with Crippen molar-refractivity contribution in [1.82, 2.24) is 0 Å². The molecule has 4 aromatic carbocycles. The van der Waals surface area contributed by atoms with E-state index in [0.29, 0.717) is 5.69 Å². The molecule has 0 saturated carbocycles. The lowest BCUT2D eigenvalue weighted by Crippen LogP contribution is -2.29. The highest BCUT2D eigenvalue weighted by Gasteiger charge is 2.25. The van der Waals surface area contributed by atoms with Crippen LogP contribution in [0.3, 0.4) is 0 Å². The van der Waals surface area contributed by atoms with Crippen LogP contribution in [0.4, 0.5) is 17.1 Å². The minimum Gasteiger partial charge on any atom is -0.322 e.